The van der Waals surface area contributed by atoms with E-state index in [0.29, 0.717) is 0 Å². The molecule has 0 radical (unpaired) electrons. The van der Waals surface area contributed by atoms with Gasteiger partial charge in [-0.25, -0.2) is 14.4 Å². The predicted molar refractivity (Wildman–Crippen MR) is 55.3 cm³/mol. The molecule has 7 heteroatoms. The summed E-state index contributed by atoms with van der Waals surface area (Å²) in [4.78, 5) is 31.7. The molecule has 0 bridgehead atoms. The molecule has 0 saturated carbocycles. The van der Waals surface area contributed by atoms with E-state index in [4.69, 9.17) is 15.3 Å². The Labute approximate surface area is 133 Å². The predicted octanol–water partition coefficient (Wildman–Crippen LogP) is 0.625. The number of carboxylic acids is 3. The van der Waals surface area contributed by atoms with Crippen LogP contribution in [0, 0.1) is 0 Å². The number of carboxylic acid groups (broad SMARTS) is 3. The van der Waals surface area contributed by atoms with Crippen molar-refractivity contribution in [2.45, 2.75) is 0 Å². The average Bonchev–Trinajstić information content (AvgIpc) is 2.16. The van der Waals surface area contributed by atoms with Gasteiger partial charge in [0.05, 0.1) is 16.7 Å². The van der Waals surface area contributed by atoms with E-state index in [0.717, 1.165) is 18.2 Å². The molecule has 0 aliphatic carbocycles. The number of aromatic carboxylic acids is 3. The van der Waals surface area contributed by atoms with Crippen LogP contribution in [-0.4, -0.2) is 82.1 Å². The van der Waals surface area contributed by atoms with Crippen molar-refractivity contribution in [2.24, 2.45) is 0 Å². The van der Waals surface area contributed by atoms with Gasteiger partial charge in [0.1, 0.15) is 0 Å². The van der Waals surface area contributed by atoms with Crippen LogP contribution in [0.4, 0.5) is 0 Å². The summed E-state index contributed by atoms with van der Waals surface area (Å²) in [6, 6.07) is 2.70. The molecule has 0 amide bonds. The standard InChI is InChI=1S/C9H6O6.Ba.2H/c10-7(11)4-1-5(8(12)13)3-6(2-4)9(14)15;;;/h1-3H,(H,10,11)(H,12,13)(H,14,15);;;/q;+2;2*-1. The molecule has 0 unspecified atom stereocenters. The molecule has 1 aromatic rings. The fourth-order valence-electron chi connectivity index (χ4n) is 0.998. The monoisotopic (exact) mass is 350 g/mol. The Morgan fingerprint density at radius 2 is 0.938 bits per heavy atom. The molecule has 6 nitrogen and oxygen atoms in total. The van der Waals surface area contributed by atoms with Gasteiger partial charge in [-0.15, -0.1) is 0 Å². The van der Waals surface area contributed by atoms with E-state index < -0.39 is 17.9 Å². The van der Waals surface area contributed by atoms with Crippen molar-refractivity contribution in [3.8, 4) is 0 Å². The summed E-state index contributed by atoms with van der Waals surface area (Å²) in [7, 11) is 0. The van der Waals surface area contributed by atoms with Crippen LogP contribution in [0.25, 0.3) is 0 Å². The first-order valence-electron chi connectivity index (χ1n) is 3.77. The van der Waals surface area contributed by atoms with Crippen molar-refractivity contribution in [3.63, 3.8) is 0 Å². The Kier molecular flexibility index (Phi) is 5.76. The maximum atomic E-state index is 10.6. The van der Waals surface area contributed by atoms with Gasteiger partial charge in [0.2, 0.25) is 0 Å². The number of hydrogen-bond donors (Lipinski definition) is 3. The third kappa shape index (κ3) is 3.65. The van der Waals surface area contributed by atoms with Gasteiger partial charge in [-0.1, -0.05) is 0 Å². The van der Waals surface area contributed by atoms with Gasteiger partial charge in [-0.2, -0.15) is 0 Å². The van der Waals surface area contributed by atoms with E-state index >= 15 is 0 Å². The second-order valence-corrected chi connectivity index (χ2v) is 2.71. The number of carbonyl (C=O) groups is 3. The minimum Gasteiger partial charge on any atom is -1.00 e. The van der Waals surface area contributed by atoms with Crippen LogP contribution in [0.15, 0.2) is 18.2 Å². The summed E-state index contributed by atoms with van der Waals surface area (Å²) in [6.45, 7) is 0. The van der Waals surface area contributed by atoms with Gasteiger partial charge in [-0.05, 0) is 18.2 Å². The maximum Gasteiger partial charge on any atom is 2.00 e. The van der Waals surface area contributed by atoms with E-state index in [1.54, 1.807) is 0 Å². The summed E-state index contributed by atoms with van der Waals surface area (Å²) in [5, 5.41) is 25.8. The quantitative estimate of drug-likeness (QED) is 0.690. The van der Waals surface area contributed by atoms with Crippen molar-refractivity contribution in [1.29, 1.82) is 0 Å². The number of benzene rings is 1. The Bertz CT molecular complexity index is 383. The molecule has 82 valence electrons. The van der Waals surface area contributed by atoms with E-state index in [2.05, 4.69) is 0 Å². The van der Waals surface area contributed by atoms with Crippen LogP contribution in [-0.2, 0) is 0 Å². The molecule has 16 heavy (non-hydrogen) atoms. The number of hydrogen-bond acceptors (Lipinski definition) is 3. The SMILES string of the molecule is O=C(O)c1cc(C(=O)O)cc(C(=O)O)c1.[Ba+2].[H-].[H-]. The van der Waals surface area contributed by atoms with Gasteiger partial charge < -0.3 is 18.2 Å². The number of rotatable bonds is 3. The average molecular weight is 349 g/mol. The first kappa shape index (κ1) is 15.2. The van der Waals surface area contributed by atoms with E-state index in [9.17, 15) is 14.4 Å². The minimum atomic E-state index is -1.37. The molecule has 1 aromatic carbocycles. The normalized spacial score (nSPS) is 9.00. The molecule has 0 saturated heterocycles. The zero-order chi connectivity index (χ0) is 11.6. The van der Waals surface area contributed by atoms with Gasteiger partial charge in [0.15, 0.2) is 0 Å². The molecule has 0 aromatic heterocycles. The van der Waals surface area contributed by atoms with E-state index in [-0.39, 0.29) is 68.4 Å². The molecule has 0 aliphatic rings. The van der Waals surface area contributed by atoms with Crippen molar-refractivity contribution in [1.82, 2.24) is 0 Å². The topological polar surface area (TPSA) is 112 Å². The molecular formula is C9H8BaO6. The van der Waals surface area contributed by atoms with Crippen molar-refractivity contribution in [3.05, 3.63) is 34.9 Å². The molecule has 0 fully saturated rings. The van der Waals surface area contributed by atoms with Crippen molar-refractivity contribution in [2.75, 3.05) is 0 Å². The molecule has 3 N–H and O–H groups in total. The molecule has 1 rings (SSSR count). The van der Waals surface area contributed by atoms with E-state index in [1.807, 2.05) is 0 Å². The zero-order valence-electron chi connectivity index (χ0n) is 10.0. The molecule has 0 aliphatic heterocycles. The Balaban J connectivity index is -0.000000750. The Hall–Kier alpha value is -0.799. The molecule has 0 heterocycles. The fourth-order valence-corrected chi connectivity index (χ4v) is 0.998. The van der Waals surface area contributed by atoms with Crippen LogP contribution >= 0.6 is 0 Å². The first-order valence-corrected chi connectivity index (χ1v) is 3.77. The molecular weight excluding hydrogens is 341 g/mol. The van der Waals surface area contributed by atoms with Gasteiger partial charge in [-0.3, -0.25) is 0 Å². The first-order chi connectivity index (χ1) is 6.91. The summed E-state index contributed by atoms with van der Waals surface area (Å²) in [5.74, 6) is -4.12. The van der Waals surface area contributed by atoms with Gasteiger partial charge in [0.25, 0.3) is 0 Å². The molecule has 0 spiro atoms. The summed E-state index contributed by atoms with van der Waals surface area (Å²) in [6.07, 6.45) is 0. The van der Waals surface area contributed by atoms with Gasteiger partial charge in [0, 0.05) is 0 Å². The zero-order valence-corrected chi connectivity index (χ0v) is 12.4. The van der Waals surface area contributed by atoms with Crippen LogP contribution in [0.3, 0.4) is 0 Å². The van der Waals surface area contributed by atoms with E-state index in [1.165, 1.54) is 0 Å². The summed E-state index contributed by atoms with van der Waals surface area (Å²) < 4.78 is 0. The van der Waals surface area contributed by atoms with Crippen molar-refractivity contribution >= 4 is 66.8 Å². The third-order valence-electron chi connectivity index (χ3n) is 1.67. The Morgan fingerprint density at radius 3 is 1.06 bits per heavy atom. The van der Waals surface area contributed by atoms with Crippen LogP contribution in [0.2, 0.25) is 0 Å². The smallest absolute Gasteiger partial charge is 1.00 e. The summed E-state index contributed by atoms with van der Waals surface area (Å²) >= 11 is 0. The maximum absolute atomic E-state index is 10.6. The third-order valence-corrected chi connectivity index (χ3v) is 1.67. The second-order valence-electron chi connectivity index (χ2n) is 2.71. The van der Waals surface area contributed by atoms with Crippen LogP contribution in [0.5, 0.6) is 0 Å². The fraction of sp³-hybridized carbons (Fsp3) is 0. The van der Waals surface area contributed by atoms with Gasteiger partial charge >= 0.3 is 66.8 Å². The van der Waals surface area contributed by atoms with Crippen LogP contribution in [0.1, 0.15) is 33.9 Å². The van der Waals surface area contributed by atoms with Crippen molar-refractivity contribution < 1.29 is 32.6 Å². The minimum absolute atomic E-state index is 0. The molecule has 0 atom stereocenters. The Morgan fingerprint density at radius 1 is 0.750 bits per heavy atom. The summed E-state index contributed by atoms with van der Waals surface area (Å²) in [5.41, 5.74) is -1.10. The van der Waals surface area contributed by atoms with Crippen LogP contribution < -0.4 is 0 Å². The second kappa shape index (κ2) is 6.06. The largest absolute Gasteiger partial charge is 2.00 e.